The van der Waals surface area contributed by atoms with E-state index in [0.717, 1.165) is 5.56 Å². The summed E-state index contributed by atoms with van der Waals surface area (Å²) in [5.41, 5.74) is 6.62. The van der Waals surface area contributed by atoms with Gasteiger partial charge in [0.15, 0.2) is 0 Å². The molecule has 1 atom stereocenters. The average Bonchev–Trinajstić information content (AvgIpc) is 2.72. The predicted molar refractivity (Wildman–Crippen MR) is 66.6 cm³/mol. The molecule has 1 amide bonds. The molecule has 4 heteroatoms. The topological polar surface area (TPSA) is 63.3 Å². The van der Waals surface area contributed by atoms with Crippen LogP contribution in [0.3, 0.4) is 0 Å². The van der Waals surface area contributed by atoms with Crippen molar-refractivity contribution in [3.05, 3.63) is 34.6 Å². The molecule has 0 spiro atoms. The van der Waals surface area contributed by atoms with Crippen LogP contribution in [0.2, 0.25) is 0 Å². The number of aliphatic hydroxyl groups excluding tert-OH is 1. The Morgan fingerprint density at radius 2 is 2.17 bits per heavy atom. The van der Waals surface area contributed by atoms with Crippen molar-refractivity contribution < 1.29 is 14.3 Å². The number of aliphatic hydroxyl groups is 1. The van der Waals surface area contributed by atoms with Crippen molar-refractivity contribution in [1.82, 2.24) is 0 Å². The molecule has 1 aliphatic carbocycles. The van der Waals surface area contributed by atoms with Crippen LogP contribution in [0.15, 0.2) is 12.1 Å². The largest absolute Gasteiger partial charge is 0.396 e. The molecule has 2 rings (SSSR count). The van der Waals surface area contributed by atoms with Crippen molar-refractivity contribution >= 4 is 5.91 Å². The minimum Gasteiger partial charge on any atom is -0.396 e. The van der Waals surface area contributed by atoms with E-state index in [1.165, 1.54) is 6.07 Å². The van der Waals surface area contributed by atoms with Crippen molar-refractivity contribution in [3.8, 4) is 0 Å². The second-order valence-electron chi connectivity index (χ2n) is 5.54. The molecule has 18 heavy (non-hydrogen) atoms. The summed E-state index contributed by atoms with van der Waals surface area (Å²) < 4.78 is 14.0. The molecule has 1 unspecified atom stereocenters. The van der Waals surface area contributed by atoms with Gasteiger partial charge in [-0.05, 0) is 55.4 Å². The zero-order chi connectivity index (χ0) is 13.5. The molecule has 3 nitrogen and oxygen atoms in total. The highest BCUT2D eigenvalue weighted by atomic mass is 19.1. The summed E-state index contributed by atoms with van der Waals surface area (Å²) in [5, 5.41) is 9.15. The minimum absolute atomic E-state index is 0.0582. The standard InChI is InChI=1S/C14H18FNO2/c1-14(2,13(16)18)10-5-9-3-8(7-17)4-11(9)12(15)6-10/h5-6,8,17H,3-4,7H2,1-2H3,(H2,16,18). The van der Waals surface area contributed by atoms with E-state index in [9.17, 15) is 9.18 Å². The summed E-state index contributed by atoms with van der Waals surface area (Å²) in [6.45, 7) is 3.44. The number of nitrogens with two attached hydrogens (primary N) is 1. The zero-order valence-electron chi connectivity index (χ0n) is 10.7. The molecule has 0 aromatic heterocycles. The molecule has 0 saturated heterocycles. The van der Waals surface area contributed by atoms with E-state index < -0.39 is 11.3 Å². The van der Waals surface area contributed by atoms with Crippen molar-refractivity contribution in [3.63, 3.8) is 0 Å². The lowest BCUT2D eigenvalue weighted by Crippen LogP contribution is -2.35. The molecule has 0 fully saturated rings. The Kier molecular flexibility index (Phi) is 3.15. The third-order valence-corrected chi connectivity index (χ3v) is 3.89. The molecular weight excluding hydrogens is 233 g/mol. The van der Waals surface area contributed by atoms with E-state index >= 15 is 0 Å². The zero-order valence-corrected chi connectivity index (χ0v) is 10.7. The quantitative estimate of drug-likeness (QED) is 0.850. The summed E-state index contributed by atoms with van der Waals surface area (Å²) in [4.78, 5) is 11.4. The van der Waals surface area contributed by atoms with Gasteiger partial charge in [0.05, 0.1) is 5.41 Å². The molecule has 1 aromatic carbocycles. The Morgan fingerprint density at radius 3 is 2.72 bits per heavy atom. The SMILES string of the molecule is CC(C)(C(N)=O)c1cc(F)c2c(c1)CC(CO)C2. The Morgan fingerprint density at radius 1 is 1.50 bits per heavy atom. The van der Waals surface area contributed by atoms with Crippen LogP contribution >= 0.6 is 0 Å². The Labute approximate surface area is 106 Å². The molecule has 0 bridgehead atoms. The highest BCUT2D eigenvalue weighted by molar-refractivity contribution is 5.85. The minimum atomic E-state index is -0.882. The second kappa shape index (κ2) is 4.35. The van der Waals surface area contributed by atoms with Crippen LogP contribution in [0.5, 0.6) is 0 Å². The van der Waals surface area contributed by atoms with Crippen molar-refractivity contribution in [2.75, 3.05) is 6.61 Å². The maximum absolute atomic E-state index is 14.0. The van der Waals surface area contributed by atoms with Crippen LogP contribution < -0.4 is 5.73 Å². The van der Waals surface area contributed by atoms with Gasteiger partial charge in [0.1, 0.15) is 5.82 Å². The fourth-order valence-electron chi connectivity index (χ4n) is 2.41. The number of hydrogen-bond acceptors (Lipinski definition) is 2. The highest BCUT2D eigenvalue weighted by Crippen LogP contribution is 2.33. The number of hydrogen-bond donors (Lipinski definition) is 2. The first-order valence-electron chi connectivity index (χ1n) is 6.08. The van der Waals surface area contributed by atoms with E-state index in [1.54, 1.807) is 13.8 Å². The molecule has 98 valence electrons. The average molecular weight is 251 g/mol. The van der Waals surface area contributed by atoms with E-state index in [0.29, 0.717) is 24.0 Å². The van der Waals surface area contributed by atoms with Gasteiger partial charge in [-0.15, -0.1) is 0 Å². The number of primary amides is 1. The molecule has 0 radical (unpaired) electrons. The van der Waals surface area contributed by atoms with E-state index in [4.69, 9.17) is 10.8 Å². The molecule has 0 saturated carbocycles. The van der Waals surface area contributed by atoms with Gasteiger partial charge in [-0.2, -0.15) is 0 Å². The van der Waals surface area contributed by atoms with Crippen LogP contribution in [0, 0.1) is 11.7 Å². The van der Waals surface area contributed by atoms with Gasteiger partial charge in [0.2, 0.25) is 5.91 Å². The van der Waals surface area contributed by atoms with Crippen LogP contribution in [0.25, 0.3) is 0 Å². The first kappa shape index (κ1) is 13.0. The number of carbonyl (C=O) groups excluding carboxylic acids is 1. The molecule has 3 N–H and O–H groups in total. The number of halogens is 1. The highest BCUT2D eigenvalue weighted by Gasteiger charge is 2.31. The number of rotatable bonds is 3. The lowest BCUT2D eigenvalue weighted by atomic mass is 9.82. The van der Waals surface area contributed by atoms with Gasteiger partial charge in [-0.1, -0.05) is 6.07 Å². The van der Waals surface area contributed by atoms with Crippen LogP contribution in [0.4, 0.5) is 4.39 Å². The summed E-state index contributed by atoms with van der Waals surface area (Å²) >= 11 is 0. The summed E-state index contributed by atoms with van der Waals surface area (Å²) in [6, 6.07) is 3.24. The molecule has 0 aliphatic heterocycles. The van der Waals surface area contributed by atoms with Gasteiger partial charge in [0, 0.05) is 6.61 Å². The van der Waals surface area contributed by atoms with Gasteiger partial charge in [-0.25, -0.2) is 4.39 Å². The van der Waals surface area contributed by atoms with E-state index in [2.05, 4.69) is 0 Å². The number of fused-ring (bicyclic) bond motifs is 1. The number of carbonyl (C=O) groups is 1. The Hall–Kier alpha value is -1.42. The van der Waals surface area contributed by atoms with Gasteiger partial charge >= 0.3 is 0 Å². The Balaban J connectivity index is 2.45. The summed E-state index contributed by atoms with van der Waals surface area (Å²) in [7, 11) is 0. The Bertz CT molecular complexity index is 497. The fraction of sp³-hybridized carbons (Fsp3) is 0.500. The van der Waals surface area contributed by atoms with Crippen molar-refractivity contribution in [2.24, 2.45) is 11.7 Å². The molecule has 0 heterocycles. The third-order valence-electron chi connectivity index (χ3n) is 3.89. The maximum atomic E-state index is 14.0. The maximum Gasteiger partial charge on any atom is 0.227 e. The lowest BCUT2D eigenvalue weighted by Gasteiger charge is -2.22. The van der Waals surface area contributed by atoms with Crippen LogP contribution in [-0.4, -0.2) is 17.6 Å². The van der Waals surface area contributed by atoms with Crippen LogP contribution in [-0.2, 0) is 23.1 Å². The third kappa shape index (κ3) is 2.01. The predicted octanol–water partition coefficient (Wildman–Crippen LogP) is 1.30. The first-order chi connectivity index (χ1) is 8.36. The fourth-order valence-corrected chi connectivity index (χ4v) is 2.41. The van der Waals surface area contributed by atoms with Crippen molar-refractivity contribution in [2.45, 2.75) is 32.1 Å². The summed E-state index contributed by atoms with van der Waals surface area (Å²) in [6.07, 6.45) is 1.22. The van der Waals surface area contributed by atoms with Gasteiger partial charge < -0.3 is 10.8 Å². The first-order valence-corrected chi connectivity index (χ1v) is 6.08. The monoisotopic (exact) mass is 251 g/mol. The molecule has 1 aromatic rings. The smallest absolute Gasteiger partial charge is 0.227 e. The molecule has 1 aliphatic rings. The van der Waals surface area contributed by atoms with E-state index in [-0.39, 0.29) is 18.3 Å². The van der Waals surface area contributed by atoms with Gasteiger partial charge in [0.25, 0.3) is 0 Å². The number of benzene rings is 1. The lowest BCUT2D eigenvalue weighted by molar-refractivity contribution is -0.122. The van der Waals surface area contributed by atoms with Gasteiger partial charge in [-0.3, -0.25) is 4.79 Å². The van der Waals surface area contributed by atoms with Crippen molar-refractivity contribution in [1.29, 1.82) is 0 Å². The van der Waals surface area contributed by atoms with Crippen LogP contribution in [0.1, 0.15) is 30.5 Å². The molecular formula is C14H18FNO2. The second-order valence-corrected chi connectivity index (χ2v) is 5.54. The number of amides is 1. The van der Waals surface area contributed by atoms with E-state index in [1.807, 2.05) is 6.07 Å². The normalized spacial score (nSPS) is 18.8. The summed E-state index contributed by atoms with van der Waals surface area (Å²) in [5.74, 6) is -0.687.